The molecule has 1 aliphatic carbocycles. The number of azo groups is 1. The number of Topliss-reactive ketones (excluding diaryl/α,β-unsaturated/α-hetero) is 1. The number of benzene rings is 1. The quantitative estimate of drug-likeness (QED) is 0.839. The molecular formula is C23H26N6O. The maximum atomic E-state index is 13.5. The number of aromatic nitrogens is 3. The Morgan fingerprint density at radius 1 is 1.27 bits per heavy atom. The Hall–Kier alpha value is -3.09. The number of hydrogen-bond donors (Lipinski definition) is 1. The van der Waals surface area contributed by atoms with Gasteiger partial charge in [0.25, 0.3) is 0 Å². The minimum absolute atomic E-state index is 0.0679. The molecule has 0 radical (unpaired) electrons. The van der Waals surface area contributed by atoms with E-state index in [0.717, 1.165) is 46.5 Å². The van der Waals surface area contributed by atoms with E-state index >= 15 is 0 Å². The first-order chi connectivity index (χ1) is 14.4. The van der Waals surface area contributed by atoms with Gasteiger partial charge in [0.1, 0.15) is 0 Å². The van der Waals surface area contributed by atoms with Gasteiger partial charge in [0.05, 0.1) is 23.5 Å². The number of hydrogen-bond acceptors (Lipinski definition) is 6. The number of allylic oxidation sites excluding steroid dienone is 2. The Labute approximate surface area is 176 Å². The number of aryl methyl sites for hydroxylation is 1. The van der Waals surface area contributed by atoms with Crippen LogP contribution < -0.4 is 5.32 Å². The minimum atomic E-state index is -0.537. The third-order valence-corrected chi connectivity index (χ3v) is 6.68. The second-order valence-corrected chi connectivity index (χ2v) is 9.24. The number of ketones is 1. The van der Waals surface area contributed by atoms with Crippen molar-refractivity contribution in [3.8, 4) is 11.3 Å². The number of rotatable bonds is 3. The molecule has 1 N–H and O–H groups in total. The van der Waals surface area contributed by atoms with Gasteiger partial charge >= 0.3 is 0 Å². The fourth-order valence-electron chi connectivity index (χ4n) is 5.39. The predicted molar refractivity (Wildman–Crippen MR) is 113 cm³/mol. The number of nitrogens with one attached hydrogen (secondary N) is 1. The summed E-state index contributed by atoms with van der Waals surface area (Å²) in [6, 6.07) is 8.40. The molecule has 3 aliphatic rings. The van der Waals surface area contributed by atoms with Crippen LogP contribution in [0, 0.1) is 5.41 Å². The Kier molecular flexibility index (Phi) is 4.07. The molecule has 0 saturated carbocycles. The molecule has 30 heavy (non-hydrogen) atoms. The molecule has 1 aromatic carbocycles. The maximum Gasteiger partial charge on any atom is 0.164 e. The molecule has 7 heteroatoms. The molecule has 7 nitrogen and oxygen atoms in total. The molecule has 1 aromatic heterocycles. The fraction of sp³-hybridized carbons (Fsp3) is 0.435. The third kappa shape index (κ3) is 2.61. The normalized spacial score (nSPS) is 26.9. The van der Waals surface area contributed by atoms with E-state index in [0.29, 0.717) is 6.42 Å². The monoisotopic (exact) mass is 402 g/mol. The summed E-state index contributed by atoms with van der Waals surface area (Å²) in [4.78, 5) is 13.5. The lowest BCUT2D eigenvalue weighted by Crippen LogP contribution is -2.51. The summed E-state index contributed by atoms with van der Waals surface area (Å²) in [5, 5.41) is 20.3. The number of carbonyl (C=O) groups is 1. The van der Waals surface area contributed by atoms with Crippen molar-refractivity contribution < 1.29 is 4.79 Å². The Morgan fingerprint density at radius 2 is 2.10 bits per heavy atom. The first kappa shape index (κ1) is 18.9. The van der Waals surface area contributed by atoms with Crippen molar-refractivity contribution in [2.75, 3.05) is 0 Å². The Balaban J connectivity index is 1.75. The van der Waals surface area contributed by atoms with Gasteiger partial charge in [0, 0.05) is 35.9 Å². The number of carbonyl (C=O) groups excluding carboxylic acids is 1. The second-order valence-electron chi connectivity index (χ2n) is 9.24. The molecule has 0 saturated heterocycles. The molecule has 2 atom stereocenters. The second kappa shape index (κ2) is 6.45. The van der Waals surface area contributed by atoms with Crippen molar-refractivity contribution in [1.82, 2.24) is 20.3 Å². The molecule has 2 aliphatic heterocycles. The predicted octanol–water partition coefficient (Wildman–Crippen LogP) is 4.05. The summed E-state index contributed by atoms with van der Waals surface area (Å²) >= 11 is 0. The molecule has 5 rings (SSSR count). The van der Waals surface area contributed by atoms with E-state index < -0.39 is 5.41 Å². The van der Waals surface area contributed by atoms with Crippen molar-refractivity contribution in [1.29, 1.82) is 0 Å². The van der Waals surface area contributed by atoms with Gasteiger partial charge in [0.2, 0.25) is 0 Å². The molecule has 0 amide bonds. The molecule has 3 heterocycles. The lowest BCUT2D eigenvalue weighted by Gasteiger charge is -2.47. The summed E-state index contributed by atoms with van der Waals surface area (Å²) < 4.78 is 1.77. The Morgan fingerprint density at radius 3 is 2.83 bits per heavy atom. The van der Waals surface area contributed by atoms with Crippen LogP contribution in [0.5, 0.6) is 0 Å². The van der Waals surface area contributed by atoms with Crippen molar-refractivity contribution in [2.24, 2.45) is 22.7 Å². The van der Waals surface area contributed by atoms with Crippen LogP contribution in [0.2, 0.25) is 0 Å². The largest absolute Gasteiger partial charge is 0.362 e. The van der Waals surface area contributed by atoms with Crippen LogP contribution in [0.1, 0.15) is 45.6 Å². The van der Waals surface area contributed by atoms with Gasteiger partial charge in [-0.2, -0.15) is 10.2 Å². The lowest BCUT2D eigenvalue weighted by atomic mass is 9.58. The van der Waals surface area contributed by atoms with Crippen LogP contribution in [0.25, 0.3) is 11.3 Å². The average molecular weight is 403 g/mol. The van der Waals surface area contributed by atoms with Gasteiger partial charge in [-0.25, -0.2) is 4.68 Å². The van der Waals surface area contributed by atoms with Gasteiger partial charge in [-0.15, -0.1) is 5.10 Å². The highest BCUT2D eigenvalue weighted by molar-refractivity contribution is 6.01. The SMILES string of the molecule is CC[C@@]1(c2cccc(-c3cnnn3C)c2)C2=CN=NC2NC2=C1C(=O)CC(C)(C)C2. The van der Waals surface area contributed by atoms with E-state index in [1.54, 1.807) is 10.9 Å². The topological polar surface area (TPSA) is 84.5 Å². The van der Waals surface area contributed by atoms with E-state index in [1.165, 1.54) is 0 Å². The van der Waals surface area contributed by atoms with Crippen molar-refractivity contribution in [3.63, 3.8) is 0 Å². The van der Waals surface area contributed by atoms with Crippen LogP contribution in [0.3, 0.4) is 0 Å². The van der Waals surface area contributed by atoms with Gasteiger partial charge in [-0.1, -0.05) is 44.2 Å². The van der Waals surface area contributed by atoms with Crippen molar-refractivity contribution >= 4 is 5.78 Å². The summed E-state index contributed by atoms with van der Waals surface area (Å²) in [5.41, 5.74) is 5.42. The summed E-state index contributed by atoms with van der Waals surface area (Å²) in [7, 11) is 1.88. The molecule has 1 unspecified atom stereocenters. The van der Waals surface area contributed by atoms with Crippen LogP contribution in [-0.4, -0.2) is 26.9 Å². The van der Waals surface area contributed by atoms with E-state index in [-0.39, 0.29) is 17.4 Å². The zero-order valence-electron chi connectivity index (χ0n) is 17.8. The van der Waals surface area contributed by atoms with Crippen molar-refractivity contribution in [2.45, 2.75) is 51.6 Å². The van der Waals surface area contributed by atoms with Crippen LogP contribution in [0.15, 0.2) is 63.7 Å². The highest BCUT2D eigenvalue weighted by Gasteiger charge is 2.52. The highest BCUT2D eigenvalue weighted by Crippen LogP contribution is 2.53. The summed E-state index contributed by atoms with van der Waals surface area (Å²) in [6.07, 6.45) is 5.54. The van der Waals surface area contributed by atoms with Crippen LogP contribution in [0.4, 0.5) is 0 Å². The molecule has 0 spiro atoms. The average Bonchev–Trinajstić information content (AvgIpc) is 3.34. The zero-order valence-corrected chi connectivity index (χ0v) is 17.8. The lowest BCUT2D eigenvalue weighted by molar-refractivity contribution is -0.119. The molecule has 0 fully saturated rings. The summed E-state index contributed by atoms with van der Waals surface area (Å²) in [6.45, 7) is 6.46. The van der Waals surface area contributed by atoms with Gasteiger partial charge < -0.3 is 5.32 Å². The molecule has 2 aromatic rings. The zero-order chi connectivity index (χ0) is 21.1. The van der Waals surface area contributed by atoms with Crippen LogP contribution >= 0.6 is 0 Å². The minimum Gasteiger partial charge on any atom is -0.362 e. The molecule has 154 valence electrons. The Bertz CT molecular complexity index is 1140. The smallest absolute Gasteiger partial charge is 0.164 e. The van der Waals surface area contributed by atoms with Crippen molar-refractivity contribution in [3.05, 3.63) is 59.1 Å². The first-order valence-corrected chi connectivity index (χ1v) is 10.5. The number of nitrogens with zero attached hydrogens (tertiary/aromatic N) is 5. The third-order valence-electron chi connectivity index (χ3n) is 6.68. The van der Waals surface area contributed by atoms with E-state index in [9.17, 15) is 4.79 Å². The van der Waals surface area contributed by atoms with E-state index in [4.69, 9.17) is 0 Å². The van der Waals surface area contributed by atoms with Gasteiger partial charge in [-0.05, 0) is 29.9 Å². The first-order valence-electron chi connectivity index (χ1n) is 10.5. The van der Waals surface area contributed by atoms with E-state index in [1.807, 2.05) is 19.3 Å². The van der Waals surface area contributed by atoms with Gasteiger partial charge in [-0.3, -0.25) is 4.79 Å². The fourth-order valence-corrected chi connectivity index (χ4v) is 5.39. The maximum absolute atomic E-state index is 13.5. The highest BCUT2D eigenvalue weighted by atomic mass is 16.1. The molecule has 0 bridgehead atoms. The van der Waals surface area contributed by atoms with E-state index in [2.05, 4.69) is 64.8 Å². The van der Waals surface area contributed by atoms with Crippen LogP contribution in [-0.2, 0) is 17.3 Å². The standard InChI is InChI=1S/C23H26N6O/c1-5-23(15-8-6-7-14(9-15)18-13-25-28-29(18)4)16-12-24-27-21(16)26-17-10-22(2,3)11-19(30)20(17)23/h6-9,12-13,21,26H,5,10-11H2,1-4H3/t21?,23-/m1/s1. The van der Waals surface area contributed by atoms with Gasteiger partial charge in [0.15, 0.2) is 11.9 Å². The number of fused-ring (bicyclic) bond motifs is 1. The summed E-state index contributed by atoms with van der Waals surface area (Å²) in [5.74, 6) is 0.217. The molecular weight excluding hydrogens is 376 g/mol.